The SMILES string of the molecule is CC(NC(=O)C(N)Cc1c[nH]c2ccccc12)C(=O)NC(Cc1ccccc1)C(=O)NC(Cc1ccccc1)C(=O)NC(Cc1ccccc1)C(=O)O. The Balaban J connectivity index is 1.29. The number of hydrogen-bond donors (Lipinski definition) is 7. The van der Waals surface area contributed by atoms with Crippen LogP contribution in [0.3, 0.4) is 0 Å². The zero-order chi connectivity index (χ0) is 37.7. The molecule has 1 aromatic heterocycles. The summed E-state index contributed by atoms with van der Waals surface area (Å²) in [7, 11) is 0. The van der Waals surface area contributed by atoms with Crippen molar-refractivity contribution >= 4 is 40.5 Å². The Hall–Kier alpha value is -6.27. The largest absolute Gasteiger partial charge is 0.480 e. The number of carbonyl (C=O) groups is 5. The molecule has 0 bridgehead atoms. The molecule has 8 N–H and O–H groups in total. The van der Waals surface area contributed by atoms with Crippen LogP contribution in [0.2, 0.25) is 0 Å². The lowest BCUT2D eigenvalue weighted by molar-refractivity contribution is -0.142. The number of carboxylic acid groups (broad SMARTS) is 1. The average molecular weight is 717 g/mol. The Morgan fingerprint density at radius 3 is 1.51 bits per heavy atom. The van der Waals surface area contributed by atoms with Gasteiger partial charge in [-0.05, 0) is 41.7 Å². The number of nitrogens with one attached hydrogen (secondary N) is 5. The van der Waals surface area contributed by atoms with Crippen molar-refractivity contribution in [2.75, 3.05) is 0 Å². The first-order valence-corrected chi connectivity index (χ1v) is 17.4. The van der Waals surface area contributed by atoms with Gasteiger partial charge in [-0.15, -0.1) is 0 Å². The van der Waals surface area contributed by atoms with Crippen molar-refractivity contribution < 1.29 is 29.1 Å². The summed E-state index contributed by atoms with van der Waals surface area (Å²) < 4.78 is 0. The molecule has 5 unspecified atom stereocenters. The maximum atomic E-state index is 14.0. The van der Waals surface area contributed by atoms with Crippen LogP contribution in [0.15, 0.2) is 121 Å². The molecule has 1 heterocycles. The van der Waals surface area contributed by atoms with Crippen molar-refractivity contribution in [2.45, 2.75) is 62.8 Å². The van der Waals surface area contributed by atoms with Gasteiger partial charge in [0.25, 0.3) is 0 Å². The Labute approximate surface area is 307 Å². The number of aromatic nitrogens is 1. The van der Waals surface area contributed by atoms with Crippen molar-refractivity contribution in [3.05, 3.63) is 144 Å². The lowest BCUT2D eigenvalue weighted by atomic mass is 10.0. The number of H-pyrrole nitrogens is 1. The molecule has 4 aromatic carbocycles. The number of carboxylic acids is 1. The minimum atomic E-state index is -1.26. The number of aromatic amines is 1. The molecule has 0 radical (unpaired) electrons. The molecular formula is C41H44N6O6. The lowest BCUT2D eigenvalue weighted by Crippen LogP contribution is -2.59. The molecule has 0 spiro atoms. The third-order valence-corrected chi connectivity index (χ3v) is 8.93. The first-order chi connectivity index (χ1) is 25.6. The highest BCUT2D eigenvalue weighted by atomic mass is 16.4. The summed E-state index contributed by atoms with van der Waals surface area (Å²) in [6, 6.07) is 29.0. The van der Waals surface area contributed by atoms with E-state index >= 15 is 0 Å². The molecule has 4 amide bonds. The van der Waals surface area contributed by atoms with E-state index in [2.05, 4.69) is 26.3 Å². The fraction of sp³-hybridized carbons (Fsp3) is 0.244. The van der Waals surface area contributed by atoms with Crippen molar-refractivity contribution in [3.8, 4) is 0 Å². The normalized spacial score (nSPS) is 13.8. The molecule has 0 fully saturated rings. The van der Waals surface area contributed by atoms with Crippen LogP contribution in [-0.4, -0.2) is 69.9 Å². The predicted molar refractivity (Wildman–Crippen MR) is 201 cm³/mol. The Bertz CT molecular complexity index is 2000. The average Bonchev–Trinajstić information content (AvgIpc) is 3.57. The summed E-state index contributed by atoms with van der Waals surface area (Å²) in [5, 5.41) is 21.7. The summed E-state index contributed by atoms with van der Waals surface area (Å²) >= 11 is 0. The van der Waals surface area contributed by atoms with Crippen molar-refractivity contribution in [3.63, 3.8) is 0 Å². The summed E-state index contributed by atoms with van der Waals surface area (Å²) in [5.41, 5.74) is 10.2. The van der Waals surface area contributed by atoms with E-state index in [9.17, 15) is 29.1 Å². The second-order valence-electron chi connectivity index (χ2n) is 13.0. The number of aliphatic carboxylic acids is 1. The Morgan fingerprint density at radius 1 is 0.566 bits per heavy atom. The zero-order valence-electron chi connectivity index (χ0n) is 29.3. The van der Waals surface area contributed by atoms with Gasteiger partial charge in [-0.2, -0.15) is 0 Å². The highest BCUT2D eigenvalue weighted by Crippen LogP contribution is 2.19. The molecule has 0 aliphatic carbocycles. The smallest absolute Gasteiger partial charge is 0.326 e. The van der Waals surface area contributed by atoms with Crippen LogP contribution < -0.4 is 27.0 Å². The van der Waals surface area contributed by atoms with E-state index in [1.807, 2.05) is 42.5 Å². The molecular weight excluding hydrogens is 672 g/mol. The van der Waals surface area contributed by atoms with Crippen molar-refractivity contribution in [1.29, 1.82) is 0 Å². The molecule has 12 nitrogen and oxygen atoms in total. The van der Waals surface area contributed by atoms with Gasteiger partial charge in [0, 0.05) is 36.4 Å². The van der Waals surface area contributed by atoms with E-state index in [4.69, 9.17) is 5.73 Å². The van der Waals surface area contributed by atoms with E-state index in [-0.39, 0.29) is 25.7 Å². The van der Waals surface area contributed by atoms with Crippen LogP contribution in [0.4, 0.5) is 0 Å². The fourth-order valence-electron chi connectivity index (χ4n) is 6.03. The standard InChI is InChI=1S/C41H44N6O6/c1-26(44-38(49)32(42)24-30-25-43-33-20-12-11-19-31(30)33)37(48)45-34(21-27-13-5-2-6-14-27)39(50)46-35(22-28-15-7-3-8-16-28)40(51)47-36(41(52)53)23-29-17-9-4-10-18-29/h2-20,25-26,32,34-36,43H,21-24,42H2,1H3,(H,44,49)(H,45,48)(H,46,50)(H,47,51)(H,52,53). The molecule has 0 saturated carbocycles. The maximum absolute atomic E-state index is 14.0. The lowest BCUT2D eigenvalue weighted by Gasteiger charge is -2.26. The topological polar surface area (TPSA) is 196 Å². The van der Waals surface area contributed by atoms with Gasteiger partial charge in [-0.1, -0.05) is 109 Å². The van der Waals surface area contributed by atoms with Crippen LogP contribution in [0, 0.1) is 0 Å². The molecule has 5 aromatic rings. The van der Waals surface area contributed by atoms with Gasteiger partial charge in [0.1, 0.15) is 24.2 Å². The summed E-state index contributed by atoms with van der Waals surface area (Å²) in [5.74, 6) is -3.75. The van der Waals surface area contributed by atoms with E-state index in [1.54, 1.807) is 79.0 Å². The minimum Gasteiger partial charge on any atom is -0.480 e. The van der Waals surface area contributed by atoms with Crippen LogP contribution in [0.25, 0.3) is 10.9 Å². The van der Waals surface area contributed by atoms with E-state index in [0.717, 1.165) is 33.2 Å². The molecule has 0 aliphatic rings. The molecule has 0 aliphatic heterocycles. The molecule has 53 heavy (non-hydrogen) atoms. The Morgan fingerprint density at radius 2 is 1.00 bits per heavy atom. The highest BCUT2D eigenvalue weighted by Gasteiger charge is 2.31. The van der Waals surface area contributed by atoms with Crippen LogP contribution in [0.5, 0.6) is 0 Å². The summed E-state index contributed by atoms with van der Waals surface area (Å²) in [6.07, 6.45) is 2.21. The number of hydrogen-bond acceptors (Lipinski definition) is 6. The van der Waals surface area contributed by atoms with Crippen molar-refractivity contribution in [2.24, 2.45) is 5.73 Å². The van der Waals surface area contributed by atoms with Gasteiger partial charge in [-0.3, -0.25) is 19.2 Å². The third kappa shape index (κ3) is 10.9. The monoisotopic (exact) mass is 716 g/mol. The van der Waals surface area contributed by atoms with Crippen LogP contribution in [-0.2, 0) is 49.7 Å². The first-order valence-electron chi connectivity index (χ1n) is 17.4. The second-order valence-corrected chi connectivity index (χ2v) is 13.0. The maximum Gasteiger partial charge on any atom is 0.326 e. The van der Waals surface area contributed by atoms with Gasteiger partial charge >= 0.3 is 5.97 Å². The predicted octanol–water partition coefficient (Wildman–Crippen LogP) is 2.81. The number of carbonyl (C=O) groups excluding carboxylic acids is 4. The second kappa shape index (κ2) is 18.3. The number of benzene rings is 4. The van der Waals surface area contributed by atoms with Crippen LogP contribution >= 0.6 is 0 Å². The molecule has 0 saturated heterocycles. The third-order valence-electron chi connectivity index (χ3n) is 8.93. The molecule has 5 atom stereocenters. The molecule has 274 valence electrons. The van der Waals surface area contributed by atoms with Gasteiger partial charge in [0.2, 0.25) is 23.6 Å². The molecule has 12 heteroatoms. The number of fused-ring (bicyclic) bond motifs is 1. The first kappa shape index (κ1) is 38.0. The van der Waals surface area contributed by atoms with Gasteiger partial charge < -0.3 is 37.1 Å². The van der Waals surface area contributed by atoms with Gasteiger partial charge in [-0.25, -0.2) is 4.79 Å². The fourth-order valence-corrected chi connectivity index (χ4v) is 6.03. The zero-order valence-corrected chi connectivity index (χ0v) is 29.3. The van der Waals surface area contributed by atoms with E-state index in [0.29, 0.717) is 0 Å². The van der Waals surface area contributed by atoms with Crippen LogP contribution in [0.1, 0.15) is 29.2 Å². The van der Waals surface area contributed by atoms with Gasteiger partial charge in [0.15, 0.2) is 0 Å². The summed E-state index contributed by atoms with van der Waals surface area (Å²) in [6.45, 7) is 1.49. The number of para-hydroxylation sites is 1. The van der Waals surface area contributed by atoms with Gasteiger partial charge in [0.05, 0.1) is 6.04 Å². The Kier molecular flexibility index (Phi) is 13.1. The minimum absolute atomic E-state index is 0.0374. The highest BCUT2D eigenvalue weighted by molar-refractivity contribution is 5.96. The molecule has 5 rings (SSSR count). The quantitative estimate of drug-likeness (QED) is 0.0769. The van der Waals surface area contributed by atoms with Crippen molar-refractivity contribution in [1.82, 2.24) is 26.3 Å². The number of rotatable bonds is 17. The summed E-state index contributed by atoms with van der Waals surface area (Å²) in [4.78, 5) is 69.7. The number of nitrogens with two attached hydrogens (primary N) is 1. The van der Waals surface area contributed by atoms with E-state index < -0.39 is 59.8 Å². The van der Waals surface area contributed by atoms with E-state index in [1.165, 1.54) is 6.92 Å². The number of amides is 4.